The average molecular weight is 413 g/mol. The first-order chi connectivity index (χ1) is 14.5. The summed E-state index contributed by atoms with van der Waals surface area (Å²) in [6.45, 7) is 3.94. The van der Waals surface area contributed by atoms with Crippen LogP contribution in [0.25, 0.3) is 6.08 Å². The van der Waals surface area contributed by atoms with Crippen molar-refractivity contribution < 1.29 is 23.7 Å². The van der Waals surface area contributed by atoms with E-state index < -0.39 is 4.92 Å². The van der Waals surface area contributed by atoms with Gasteiger partial charge in [-0.1, -0.05) is 13.0 Å². The predicted octanol–water partition coefficient (Wildman–Crippen LogP) is 2.97. The van der Waals surface area contributed by atoms with E-state index in [1.807, 2.05) is 6.92 Å². The molecule has 0 aliphatic carbocycles. The Morgan fingerprint density at radius 2 is 1.93 bits per heavy atom. The van der Waals surface area contributed by atoms with Gasteiger partial charge in [0.2, 0.25) is 5.91 Å². The first kappa shape index (κ1) is 21.1. The molecule has 0 saturated carbocycles. The van der Waals surface area contributed by atoms with Crippen molar-refractivity contribution in [3.63, 3.8) is 0 Å². The summed E-state index contributed by atoms with van der Waals surface area (Å²) >= 11 is 0. The molecule has 9 heteroatoms. The minimum Gasteiger partial charge on any atom is -0.487 e. The highest BCUT2D eigenvalue weighted by molar-refractivity contribution is 5.93. The molecular formula is C21H23N3O6. The van der Waals surface area contributed by atoms with E-state index in [4.69, 9.17) is 9.15 Å². The zero-order valence-corrected chi connectivity index (χ0v) is 16.7. The van der Waals surface area contributed by atoms with Gasteiger partial charge in [0, 0.05) is 38.3 Å². The van der Waals surface area contributed by atoms with Crippen molar-refractivity contribution in [2.75, 3.05) is 32.8 Å². The fourth-order valence-electron chi connectivity index (χ4n) is 3.07. The Morgan fingerprint density at radius 3 is 2.57 bits per heavy atom. The number of hydrogen-bond acceptors (Lipinski definition) is 6. The molecular weight excluding hydrogens is 390 g/mol. The topological polar surface area (TPSA) is 106 Å². The molecule has 1 saturated heterocycles. The second-order valence-electron chi connectivity index (χ2n) is 6.76. The lowest BCUT2D eigenvalue weighted by molar-refractivity contribution is -0.385. The normalized spacial score (nSPS) is 14.2. The summed E-state index contributed by atoms with van der Waals surface area (Å²) in [6, 6.07) is 7.86. The molecule has 30 heavy (non-hydrogen) atoms. The Bertz CT molecular complexity index is 930. The molecule has 1 aliphatic heterocycles. The number of nitro groups is 1. The molecule has 1 aromatic carbocycles. The Morgan fingerprint density at radius 1 is 1.20 bits per heavy atom. The van der Waals surface area contributed by atoms with Crippen molar-refractivity contribution in [2.24, 2.45) is 0 Å². The standard InChI is InChI=1S/C21H23N3O6/c1-2-13-29-18-7-5-16(15-17(18)24(27)28)6-8-20(25)22-9-11-23(12-10-22)21(26)19-4-3-14-30-19/h3-8,14-15H,2,9-13H2,1H3/b8-6+. The third-order valence-electron chi connectivity index (χ3n) is 4.67. The smallest absolute Gasteiger partial charge is 0.311 e. The third kappa shape index (κ3) is 5.05. The molecule has 0 spiro atoms. The van der Waals surface area contributed by atoms with Gasteiger partial charge < -0.3 is 19.0 Å². The molecule has 9 nitrogen and oxygen atoms in total. The van der Waals surface area contributed by atoms with Gasteiger partial charge in [0.05, 0.1) is 17.8 Å². The molecule has 0 bridgehead atoms. The molecule has 2 heterocycles. The van der Waals surface area contributed by atoms with Crippen molar-refractivity contribution in [3.05, 3.63) is 64.1 Å². The molecule has 0 N–H and O–H groups in total. The number of benzene rings is 1. The molecule has 1 aromatic heterocycles. The van der Waals surface area contributed by atoms with Crippen LogP contribution in [0.4, 0.5) is 5.69 Å². The highest BCUT2D eigenvalue weighted by Crippen LogP contribution is 2.28. The molecule has 3 rings (SSSR count). The summed E-state index contributed by atoms with van der Waals surface area (Å²) in [5.41, 5.74) is 0.397. The summed E-state index contributed by atoms with van der Waals surface area (Å²) in [4.78, 5) is 38.8. The number of hydrogen-bond donors (Lipinski definition) is 0. The highest BCUT2D eigenvalue weighted by atomic mass is 16.6. The van der Waals surface area contributed by atoms with Crippen LogP contribution in [0.3, 0.4) is 0 Å². The van der Waals surface area contributed by atoms with Gasteiger partial charge >= 0.3 is 5.69 Å². The molecule has 1 fully saturated rings. The van der Waals surface area contributed by atoms with Crippen molar-refractivity contribution in [1.29, 1.82) is 0 Å². The predicted molar refractivity (Wildman–Crippen MR) is 109 cm³/mol. The van der Waals surface area contributed by atoms with E-state index in [0.29, 0.717) is 38.3 Å². The Balaban J connectivity index is 1.59. The Kier molecular flexibility index (Phi) is 6.84. The van der Waals surface area contributed by atoms with E-state index in [9.17, 15) is 19.7 Å². The minimum absolute atomic E-state index is 0.136. The molecule has 1 aliphatic rings. The summed E-state index contributed by atoms with van der Waals surface area (Å²) in [6.07, 6.45) is 5.12. The fraction of sp³-hybridized carbons (Fsp3) is 0.333. The van der Waals surface area contributed by atoms with Gasteiger partial charge in [-0.2, -0.15) is 0 Å². The van der Waals surface area contributed by atoms with Gasteiger partial charge in [-0.25, -0.2) is 0 Å². The maximum atomic E-state index is 12.5. The zero-order valence-electron chi connectivity index (χ0n) is 16.7. The third-order valence-corrected chi connectivity index (χ3v) is 4.67. The number of carbonyl (C=O) groups is 2. The average Bonchev–Trinajstić information content (AvgIpc) is 3.30. The Labute approximate surface area is 173 Å². The van der Waals surface area contributed by atoms with Crippen molar-refractivity contribution in [2.45, 2.75) is 13.3 Å². The molecule has 2 amide bonds. The summed E-state index contributed by atoms with van der Waals surface area (Å²) in [7, 11) is 0. The number of nitro benzene ring substituents is 1. The van der Waals surface area contributed by atoms with Gasteiger partial charge in [-0.15, -0.1) is 0 Å². The van der Waals surface area contributed by atoms with Gasteiger partial charge in [0.25, 0.3) is 5.91 Å². The van der Waals surface area contributed by atoms with Crippen LogP contribution in [0.1, 0.15) is 29.5 Å². The van der Waals surface area contributed by atoms with Crippen LogP contribution in [0.15, 0.2) is 47.1 Å². The van der Waals surface area contributed by atoms with Crippen LogP contribution >= 0.6 is 0 Å². The number of rotatable bonds is 7. The van der Waals surface area contributed by atoms with Crippen molar-refractivity contribution >= 4 is 23.6 Å². The van der Waals surface area contributed by atoms with Crippen LogP contribution in [0.2, 0.25) is 0 Å². The number of nitrogens with zero attached hydrogens (tertiary/aromatic N) is 3. The van der Waals surface area contributed by atoms with E-state index in [0.717, 1.165) is 6.42 Å². The van der Waals surface area contributed by atoms with Crippen LogP contribution in [0.5, 0.6) is 5.75 Å². The van der Waals surface area contributed by atoms with Gasteiger partial charge in [-0.05, 0) is 36.3 Å². The maximum absolute atomic E-state index is 12.5. The maximum Gasteiger partial charge on any atom is 0.311 e. The van der Waals surface area contributed by atoms with Gasteiger partial charge in [0.1, 0.15) is 0 Å². The first-order valence-corrected chi connectivity index (χ1v) is 9.70. The molecule has 0 atom stereocenters. The van der Waals surface area contributed by atoms with Crippen LogP contribution < -0.4 is 4.74 Å². The molecule has 0 radical (unpaired) electrons. The largest absolute Gasteiger partial charge is 0.487 e. The van der Waals surface area contributed by atoms with Crippen molar-refractivity contribution in [1.82, 2.24) is 9.80 Å². The van der Waals surface area contributed by atoms with Crippen LogP contribution in [0, 0.1) is 10.1 Å². The minimum atomic E-state index is -0.501. The molecule has 0 unspecified atom stereocenters. The fourth-order valence-corrected chi connectivity index (χ4v) is 3.07. The zero-order chi connectivity index (χ0) is 21.5. The number of carbonyl (C=O) groups excluding carboxylic acids is 2. The molecule has 158 valence electrons. The summed E-state index contributed by atoms with van der Waals surface area (Å²) in [5.74, 6) is 0.0831. The lowest BCUT2D eigenvalue weighted by Gasteiger charge is -2.33. The lowest BCUT2D eigenvalue weighted by atomic mass is 10.1. The van der Waals surface area contributed by atoms with Crippen molar-refractivity contribution in [3.8, 4) is 5.75 Å². The second kappa shape index (κ2) is 9.73. The van der Waals surface area contributed by atoms with E-state index in [1.54, 1.807) is 34.1 Å². The van der Waals surface area contributed by atoms with Crippen LogP contribution in [-0.4, -0.2) is 59.3 Å². The van der Waals surface area contributed by atoms with Crippen LogP contribution in [-0.2, 0) is 4.79 Å². The van der Waals surface area contributed by atoms with E-state index in [1.165, 1.54) is 24.5 Å². The van der Waals surface area contributed by atoms with E-state index in [2.05, 4.69) is 0 Å². The Hall–Kier alpha value is -3.62. The molecule has 2 aromatic rings. The van der Waals surface area contributed by atoms with E-state index >= 15 is 0 Å². The second-order valence-corrected chi connectivity index (χ2v) is 6.76. The highest BCUT2D eigenvalue weighted by Gasteiger charge is 2.25. The van der Waals surface area contributed by atoms with Gasteiger partial charge in [-0.3, -0.25) is 19.7 Å². The first-order valence-electron chi connectivity index (χ1n) is 9.70. The number of piperazine rings is 1. The number of furan rings is 1. The quantitative estimate of drug-likeness (QED) is 0.392. The van der Waals surface area contributed by atoms with Gasteiger partial charge in [0.15, 0.2) is 11.5 Å². The monoisotopic (exact) mass is 413 g/mol. The SMILES string of the molecule is CCCOc1ccc(/C=C/C(=O)N2CCN(C(=O)c3ccco3)CC2)cc1[N+](=O)[O-]. The lowest BCUT2D eigenvalue weighted by Crippen LogP contribution is -2.50. The summed E-state index contributed by atoms with van der Waals surface area (Å²) < 4.78 is 10.5. The summed E-state index contributed by atoms with van der Waals surface area (Å²) in [5, 5.41) is 11.3. The number of ether oxygens (including phenoxy) is 1. The number of amides is 2. The van der Waals surface area contributed by atoms with E-state index in [-0.39, 0.29) is 29.0 Å².